The number of alkyl halides is 3. The lowest BCUT2D eigenvalue weighted by atomic mass is 10.2. The highest BCUT2D eigenvalue weighted by Gasteiger charge is 2.30. The summed E-state index contributed by atoms with van der Waals surface area (Å²) in [4.78, 5) is 4.30. The first kappa shape index (κ1) is 13.3. The number of hydrogen-bond acceptors (Lipinski definition) is 3. The van der Waals surface area contributed by atoms with E-state index in [0.29, 0.717) is 10.9 Å². The average molecular weight is 274 g/mol. The molecule has 0 bridgehead atoms. The van der Waals surface area contributed by atoms with Gasteiger partial charge in [0, 0.05) is 10.9 Å². The summed E-state index contributed by atoms with van der Waals surface area (Å²) in [5.74, 6) is 0. The van der Waals surface area contributed by atoms with Gasteiger partial charge in [-0.2, -0.15) is 13.2 Å². The summed E-state index contributed by atoms with van der Waals surface area (Å²) in [6.07, 6.45) is -3.25. The minimum Gasteiger partial charge on any atom is -0.335 e. The molecule has 1 aliphatic heterocycles. The van der Waals surface area contributed by atoms with Gasteiger partial charge in [-0.15, -0.1) is 0 Å². The van der Waals surface area contributed by atoms with Gasteiger partial charge in [0.2, 0.25) is 0 Å². The summed E-state index contributed by atoms with van der Waals surface area (Å²) < 4.78 is 37.1. The van der Waals surface area contributed by atoms with Gasteiger partial charge < -0.3 is 5.32 Å². The highest BCUT2D eigenvalue weighted by Crippen LogP contribution is 2.30. The fraction of sp³-hybridized carbons (Fsp3) is 0.417. The van der Waals surface area contributed by atoms with Crippen LogP contribution < -0.4 is 5.32 Å². The molecular formula is C12H13F3N2S. The van der Waals surface area contributed by atoms with Crippen LogP contribution in [0.25, 0.3) is 0 Å². The van der Waals surface area contributed by atoms with Crippen molar-refractivity contribution >= 4 is 22.6 Å². The number of thioether (sulfide) groups is 1. The van der Waals surface area contributed by atoms with Crippen LogP contribution in [0.4, 0.5) is 18.9 Å². The van der Waals surface area contributed by atoms with Gasteiger partial charge in [-0.05, 0) is 30.7 Å². The number of rotatable bonds is 2. The van der Waals surface area contributed by atoms with E-state index in [0.717, 1.165) is 30.3 Å². The molecule has 1 aromatic carbocycles. The molecule has 2 nitrogen and oxygen atoms in total. The standard InChI is InChI=1S/C12H13F3N2S/c1-2-10-7-16-11(18-10)17-9-5-3-8(4-6-9)12(13,14)15/h3-6,10H,2,7H2,1H3,(H,16,17). The minimum absolute atomic E-state index is 0.474. The lowest BCUT2D eigenvalue weighted by molar-refractivity contribution is -0.137. The number of anilines is 1. The summed E-state index contributed by atoms with van der Waals surface area (Å²) in [6, 6.07) is 4.98. The number of benzene rings is 1. The zero-order valence-electron chi connectivity index (χ0n) is 9.79. The van der Waals surface area contributed by atoms with E-state index >= 15 is 0 Å². The molecule has 0 spiro atoms. The van der Waals surface area contributed by atoms with Crippen molar-refractivity contribution < 1.29 is 13.2 Å². The van der Waals surface area contributed by atoms with Crippen LogP contribution in [0.15, 0.2) is 29.3 Å². The Balaban J connectivity index is 1.99. The van der Waals surface area contributed by atoms with Gasteiger partial charge in [0.25, 0.3) is 0 Å². The van der Waals surface area contributed by atoms with Crippen molar-refractivity contribution in [3.05, 3.63) is 29.8 Å². The van der Waals surface area contributed by atoms with Crippen LogP contribution in [-0.2, 0) is 6.18 Å². The molecule has 1 aromatic rings. The lowest BCUT2D eigenvalue weighted by Gasteiger charge is -2.09. The summed E-state index contributed by atoms with van der Waals surface area (Å²) in [5, 5.41) is 4.28. The molecule has 1 unspecified atom stereocenters. The maximum Gasteiger partial charge on any atom is 0.416 e. The number of hydrogen-bond donors (Lipinski definition) is 1. The van der Waals surface area contributed by atoms with E-state index < -0.39 is 11.7 Å². The van der Waals surface area contributed by atoms with Crippen LogP contribution in [0.3, 0.4) is 0 Å². The molecular weight excluding hydrogens is 261 g/mol. The molecule has 0 radical (unpaired) electrons. The predicted molar refractivity (Wildman–Crippen MR) is 69.0 cm³/mol. The Morgan fingerprint density at radius 1 is 1.33 bits per heavy atom. The molecule has 6 heteroatoms. The lowest BCUT2D eigenvalue weighted by Crippen LogP contribution is -2.08. The molecule has 0 aromatic heterocycles. The summed E-state index contributed by atoms with van der Waals surface area (Å²) in [6.45, 7) is 2.86. The van der Waals surface area contributed by atoms with Gasteiger partial charge in [-0.1, -0.05) is 18.7 Å². The fourth-order valence-corrected chi connectivity index (χ4v) is 2.52. The summed E-state index contributed by atoms with van der Waals surface area (Å²) in [7, 11) is 0. The Kier molecular flexibility index (Phi) is 3.85. The van der Waals surface area contributed by atoms with Gasteiger partial charge in [-0.25, -0.2) is 0 Å². The second-order valence-corrected chi connectivity index (χ2v) is 5.28. The van der Waals surface area contributed by atoms with Gasteiger partial charge in [-0.3, -0.25) is 4.99 Å². The van der Waals surface area contributed by atoms with Crippen molar-refractivity contribution in [2.75, 3.05) is 11.9 Å². The number of nitrogens with one attached hydrogen (secondary N) is 1. The van der Waals surface area contributed by atoms with E-state index in [1.807, 2.05) is 0 Å². The Bertz CT molecular complexity index is 440. The van der Waals surface area contributed by atoms with Crippen molar-refractivity contribution in [2.45, 2.75) is 24.8 Å². The molecule has 0 amide bonds. The molecule has 1 aliphatic rings. The molecule has 0 fully saturated rings. The molecule has 1 heterocycles. The van der Waals surface area contributed by atoms with Crippen LogP contribution in [-0.4, -0.2) is 17.0 Å². The highest BCUT2D eigenvalue weighted by atomic mass is 32.2. The molecule has 0 aliphatic carbocycles. The van der Waals surface area contributed by atoms with E-state index in [-0.39, 0.29) is 0 Å². The van der Waals surface area contributed by atoms with Gasteiger partial charge in [0.15, 0.2) is 5.17 Å². The first-order valence-corrected chi connectivity index (χ1v) is 6.52. The second kappa shape index (κ2) is 5.22. The van der Waals surface area contributed by atoms with Gasteiger partial charge >= 0.3 is 6.18 Å². The fourth-order valence-electron chi connectivity index (χ4n) is 1.56. The highest BCUT2D eigenvalue weighted by molar-refractivity contribution is 8.15. The second-order valence-electron chi connectivity index (χ2n) is 3.99. The Morgan fingerprint density at radius 3 is 2.50 bits per heavy atom. The maximum atomic E-state index is 12.4. The summed E-state index contributed by atoms with van der Waals surface area (Å²) >= 11 is 1.63. The van der Waals surface area contributed by atoms with Crippen molar-refractivity contribution in [2.24, 2.45) is 4.99 Å². The smallest absolute Gasteiger partial charge is 0.335 e. The predicted octanol–water partition coefficient (Wildman–Crippen LogP) is 4.00. The average Bonchev–Trinajstić information content (AvgIpc) is 2.76. The van der Waals surface area contributed by atoms with Crippen LogP contribution in [0, 0.1) is 0 Å². The molecule has 1 atom stereocenters. The SMILES string of the molecule is CCC1CN=C(Nc2ccc(C(F)(F)F)cc2)S1. The van der Waals surface area contributed by atoms with Crippen LogP contribution in [0.5, 0.6) is 0 Å². The largest absolute Gasteiger partial charge is 0.416 e. The van der Waals surface area contributed by atoms with Gasteiger partial charge in [0.1, 0.15) is 0 Å². The van der Waals surface area contributed by atoms with E-state index in [4.69, 9.17) is 0 Å². The molecule has 0 saturated heterocycles. The Hall–Kier alpha value is -1.17. The minimum atomic E-state index is -4.29. The molecule has 0 saturated carbocycles. The number of halogens is 3. The Morgan fingerprint density at radius 2 is 2.00 bits per heavy atom. The van der Waals surface area contributed by atoms with E-state index in [2.05, 4.69) is 17.2 Å². The van der Waals surface area contributed by atoms with E-state index in [1.54, 1.807) is 11.8 Å². The first-order valence-electron chi connectivity index (χ1n) is 5.64. The first-order chi connectivity index (χ1) is 8.49. The topological polar surface area (TPSA) is 24.4 Å². The van der Waals surface area contributed by atoms with Crippen molar-refractivity contribution in [1.82, 2.24) is 0 Å². The zero-order valence-corrected chi connectivity index (χ0v) is 10.6. The zero-order chi connectivity index (χ0) is 13.2. The Labute approximate surface area is 108 Å². The monoisotopic (exact) mass is 274 g/mol. The van der Waals surface area contributed by atoms with E-state index in [9.17, 15) is 13.2 Å². The third kappa shape index (κ3) is 3.19. The normalized spacial score (nSPS) is 19.8. The number of amidine groups is 1. The van der Waals surface area contributed by atoms with Crippen molar-refractivity contribution in [1.29, 1.82) is 0 Å². The summed E-state index contributed by atoms with van der Waals surface area (Å²) in [5.41, 5.74) is -0.00787. The van der Waals surface area contributed by atoms with Crippen LogP contribution in [0.2, 0.25) is 0 Å². The third-order valence-electron chi connectivity index (χ3n) is 2.64. The van der Waals surface area contributed by atoms with Crippen molar-refractivity contribution in [3.63, 3.8) is 0 Å². The van der Waals surface area contributed by atoms with E-state index in [1.165, 1.54) is 12.1 Å². The third-order valence-corrected chi connectivity index (χ3v) is 3.91. The van der Waals surface area contributed by atoms with Gasteiger partial charge in [0.05, 0.1) is 12.1 Å². The number of nitrogens with zero attached hydrogens (tertiary/aromatic N) is 1. The quantitative estimate of drug-likeness (QED) is 0.881. The maximum absolute atomic E-state index is 12.4. The molecule has 1 N–H and O–H groups in total. The molecule has 2 rings (SSSR count). The van der Waals surface area contributed by atoms with Crippen molar-refractivity contribution in [3.8, 4) is 0 Å². The number of aliphatic imine (C=N–C) groups is 1. The van der Waals surface area contributed by atoms with Crippen LogP contribution >= 0.6 is 11.8 Å². The molecule has 18 heavy (non-hydrogen) atoms. The van der Waals surface area contributed by atoms with Crippen LogP contribution in [0.1, 0.15) is 18.9 Å². The molecule has 98 valence electrons.